The third kappa shape index (κ3) is 1.92. The van der Waals surface area contributed by atoms with Gasteiger partial charge >= 0.3 is 5.97 Å². The van der Waals surface area contributed by atoms with Crippen LogP contribution in [0.4, 0.5) is 5.69 Å². The molecule has 98 valence electrons. The van der Waals surface area contributed by atoms with Crippen molar-refractivity contribution < 1.29 is 14.6 Å². The highest BCUT2D eigenvalue weighted by Gasteiger charge is 2.36. The van der Waals surface area contributed by atoms with E-state index >= 15 is 0 Å². The van der Waals surface area contributed by atoms with E-state index < -0.39 is 5.97 Å². The SMILES string of the molecule is CCN1c2cccc(OC)c2CC1C(C)C(=O)O. The Morgan fingerprint density at radius 3 is 2.89 bits per heavy atom. The molecule has 0 amide bonds. The molecule has 2 rings (SSSR count). The lowest BCUT2D eigenvalue weighted by Crippen LogP contribution is -2.40. The van der Waals surface area contributed by atoms with Crippen molar-refractivity contribution in [2.75, 3.05) is 18.6 Å². The maximum absolute atomic E-state index is 11.2. The van der Waals surface area contributed by atoms with Crippen molar-refractivity contribution in [2.24, 2.45) is 5.92 Å². The smallest absolute Gasteiger partial charge is 0.308 e. The molecule has 1 aliphatic rings. The molecule has 18 heavy (non-hydrogen) atoms. The van der Waals surface area contributed by atoms with Crippen LogP contribution in [0.1, 0.15) is 19.4 Å². The Morgan fingerprint density at radius 2 is 2.33 bits per heavy atom. The minimum atomic E-state index is -0.745. The molecule has 1 aromatic rings. The molecule has 0 spiro atoms. The summed E-state index contributed by atoms with van der Waals surface area (Å²) in [5.41, 5.74) is 2.23. The summed E-state index contributed by atoms with van der Waals surface area (Å²) in [4.78, 5) is 13.4. The van der Waals surface area contributed by atoms with E-state index in [2.05, 4.69) is 11.8 Å². The van der Waals surface area contributed by atoms with Crippen LogP contribution in [-0.2, 0) is 11.2 Å². The Hall–Kier alpha value is -1.71. The molecule has 4 heteroatoms. The van der Waals surface area contributed by atoms with Crippen molar-refractivity contribution in [3.05, 3.63) is 23.8 Å². The van der Waals surface area contributed by atoms with Gasteiger partial charge in [0, 0.05) is 23.8 Å². The number of fused-ring (bicyclic) bond motifs is 1. The zero-order valence-corrected chi connectivity index (χ0v) is 11.0. The van der Waals surface area contributed by atoms with E-state index in [0.29, 0.717) is 0 Å². The molecule has 1 heterocycles. The number of anilines is 1. The van der Waals surface area contributed by atoms with Crippen LogP contribution in [0.2, 0.25) is 0 Å². The predicted molar refractivity (Wildman–Crippen MR) is 70.3 cm³/mol. The topological polar surface area (TPSA) is 49.8 Å². The van der Waals surface area contributed by atoms with Crippen LogP contribution in [0.5, 0.6) is 5.75 Å². The van der Waals surface area contributed by atoms with Crippen molar-refractivity contribution in [3.63, 3.8) is 0 Å². The molecule has 1 aromatic carbocycles. The summed E-state index contributed by atoms with van der Waals surface area (Å²) in [6.45, 7) is 4.63. The van der Waals surface area contributed by atoms with Gasteiger partial charge in [-0.05, 0) is 32.4 Å². The Morgan fingerprint density at radius 1 is 1.61 bits per heavy atom. The van der Waals surface area contributed by atoms with E-state index in [1.54, 1.807) is 14.0 Å². The number of likely N-dealkylation sites (N-methyl/N-ethyl adjacent to an activating group) is 1. The molecular formula is C14H19NO3. The van der Waals surface area contributed by atoms with Crippen LogP contribution in [0.15, 0.2) is 18.2 Å². The van der Waals surface area contributed by atoms with Crippen LogP contribution in [-0.4, -0.2) is 30.8 Å². The van der Waals surface area contributed by atoms with E-state index in [1.165, 1.54) is 0 Å². The number of ether oxygens (including phenoxy) is 1. The lowest BCUT2D eigenvalue weighted by atomic mass is 9.98. The second kappa shape index (κ2) is 4.88. The van der Waals surface area contributed by atoms with Crippen LogP contribution in [0.3, 0.4) is 0 Å². The second-order valence-electron chi connectivity index (χ2n) is 4.64. The number of carbonyl (C=O) groups is 1. The number of benzene rings is 1. The first-order valence-electron chi connectivity index (χ1n) is 6.25. The lowest BCUT2D eigenvalue weighted by molar-refractivity contribution is -0.141. The molecule has 0 fully saturated rings. The summed E-state index contributed by atoms with van der Waals surface area (Å²) < 4.78 is 5.36. The number of carboxylic acids is 1. The minimum Gasteiger partial charge on any atom is -0.496 e. The normalized spacial score (nSPS) is 19.5. The van der Waals surface area contributed by atoms with Crippen LogP contribution in [0.25, 0.3) is 0 Å². The summed E-state index contributed by atoms with van der Waals surface area (Å²) in [6, 6.07) is 5.93. The summed E-state index contributed by atoms with van der Waals surface area (Å²) in [6.07, 6.45) is 0.737. The highest BCUT2D eigenvalue weighted by Crippen LogP contribution is 2.40. The van der Waals surface area contributed by atoms with Gasteiger partial charge < -0.3 is 14.7 Å². The van der Waals surface area contributed by atoms with E-state index in [-0.39, 0.29) is 12.0 Å². The molecule has 1 N–H and O–H groups in total. The number of carboxylic acid groups (broad SMARTS) is 1. The average molecular weight is 249 g/mol. The molecule has 0 bridgehead atoms. The summed E-state index contributed by atoms with van der Waals surface area (Å²) >= 11 is 0. The van der Waals surface area contributed by atoms with Gasteiger partial charge in [-0.3, -0.25) is 4.79 Å². The van der Waals surface area contributed by atoms with Gasteiger partial charge in [-0.2, -0.15) is 0 Å². The minimum absolute atomic E-state index is 0.0128. The van der Waals surface area contributed by atoms with Gasteiger partial charge in [-0.15, -0.1) is 0 Å². The first-order valence-corrected chi connectivity index (χ1v) is 6.25. The maximum atomic E-state index is 11.2. The molecule has 0 radical (unpaired) electrons. The van der Waals surface area contributed by atoms with E-state index in [1.807, 2.05) is 18.2 Å². The van der Waals surface area contributed by atoms with Gasteiger partial charge in [0.05, 0.1) is 13.0 Å². The van der Waals surface area contributed by atoms with Crippen LogP contribution in [0, 0.1) is 5.92 Å². The molecule has 0 aromatic heterocycles. The maximum Gasteiger partial charge on any atom is 0.308 e. The molecule has 2 atom stereocenters. The number of hydrogen-bond acceptors (Lipinski definition) is 3. The highest BCUT2D eigenvalue weighted by molar-refractivity contribution is 5.74. The first-order chi connectivity index (χ1) is 8.60. The molecule has 0 saturated carbocycles. The molecule has 0 aliphatic carbocycles. The van der Waals surface area contributed by atoms with Crippen molar-refractivity contribution in [1.82, 2.24) is 0 Å². The fourth-order valence-corrected chi connectivity index (χ4v) is 2.73. The lowest BCUT2D eigenvalue weighted by Gasteiger charge is -2.28. The van der Waals surface area contributed by atoms with Crippen molar-refractivity contribution in [2.45, 2.75) is 26.3 Å². The third-order valence-electron chi connectivity index (χ3n) is 3.76. The molecule has 4 nitrogen and oxygen atoms in total. The molecule has 1 aliphatic heterocycles. The number of hydrogen-bond donors (Lipinski definition) is 1. The van der Waals surface area contributed by atoms with E-state index in [4.69, 9.17) is 4.74 Å². The van der Waals surface area contributed by atoms with Crippen LogP contribution < -0.4 is 9.64 Å². The number of methoxy groups -OCH3 is 1. The van der Waals surface area contributed by atoms with E-state index in [0.717, 1.165) is 30.0 Å². The summed E-state index contributed by atoms with van der Waals surface area (Å²) in [5, 5.41) is 9.20. The van der Waals surface area contributed by atoms with Gasteiger partial charge in [0.1, 0.15) is 5.75 Å². The van der Waals surface area contributed by atoms with Gasteiger partial charge in [0.2, 0.25) is 0 Å². The second-order valence-corrected chi connectivity index (χ2v) is 4.64. The van der Waals surface area contributed by atoms with E-state index in [9.17, 15) is 9.90 Å². The average Bonchev–Trinajstić information content (AvgIpc) is 2.75. The standard InChI is InChI=1S/C14H19NO3/c1-4-15-11-6-5-7-13(18-3)10(11)8-12(15)9(2)14(16)17/h5-7,9,12H,4,8H2,1-3H3,(H,16,17). The quantitative estimate of drug-likeness (QED) is 0.888. The number of nitrogens with zero attached hydrogens (tertiary/aromatic N) is 1. The molecular weight excluding hydrogens is 230 g/mol. The van der Waals surface area contributed by atoms with Gasteiger partial charge in [0.25, 0.3) is 0 Å². The fourth-order valence-electron chi connectivity index (χ4n) is 2.73. The first kappa shape index (κ1) is 12.7. The fraction of sp³-hybridized carbons (Fsp3) is 0.500. The number of aliphatic carboxylic acids is 1. The Kier molecular flexibility index (Phi) is 3.45. The van der Waals surface area contributed by atoms with Gasteiger partial charge in [-0.1, -0.05) is 6.07 Å². The Balaban J connectivity index is 2.39. The zero-order valence-electron chi connectivity index (χ0n) is 11.0. The van der Waals surface area contributed by atoms with Gasteiger partial charge in [-0.25, -0.2) is 0 Å². The summed E-state index contributed by atoms with van der Waals surface area (Å²) in [5.74, 6) is -0.279. The van der Waals surface area contributed by atoms with Crippen molar-refractivity contribution >= 4 is 11.7 Å². The largest absolute Gasteiger partial charge is 0.496 e. The Bertz CT molecular complexity index is 458. The summed E-state index contributed by atoms with van der Waals surface area (Å²) in [7, 11) is 1.65. The third-order valence-corrected chi connectivity index (χ3v) is 3.76. The Labute approximate surface area is 107 Å². The number of rotatable bonds is 4. The molecule has 2 unspecified atom stereocenters. The predicted octanol–water partition coefficient (Wildman–Crippen LogP) is 2.17. The van der Waals surface area contributed by atoms with Gasteiger partial charge in [0.15, 0.2) is 0 Å². The van der Waals surface area contributed by atoms with Crippen LogP contribution >= 0.6 is 0 Å². The monoisotopic (exact) mass is 249 g/mol. The molecule has 0 saturated heterocycles. The highest BCUT2D eigenvalue weighted by atomic mass is 16.5. The van der Waals surface area contributed by atoms with Crippen molar-refractivity contribution in [1.29, 1.82) is 0 Å². The zero-order chi connectivity index (χ0) is 13.3. The van der Waals surface area contributed by atoms with Crippen molar-refractivity contribution in [3.8, 4) is 5.75 Å².